The van der Waals surface area contributed by atoms with E-state index in [4.69, 9.17) is 0 Å². The second-order valence-electron chi connectivity index (χ2n) is 5.39. The molecule has 1 aromatic heterocycles. The molecule has 2 rings (SSSR count). The predicted octanol–water partition coefficient (Wildman–Crippen LogP) is 2.36. The van der Waals surface area contributed by atoms with Crippen LogP contribution in [0.4, 0.5) is 5.69 Å². The first-order chi connectivity index (χ1) is 12.1. The van der Waals surface area contributed by atoms with Crippen LogP contribution in [0.2, 0.25) is 0 Å². The van der Waals surface area contributed by atoms with E-state index in [9.17, 15) is 14.4 Å². The van der Waals surface area contributed by atoms with Gasteiger partial charge in [-0.1, -0.05) is 31.2 Å². The van der Waals surface area contributed by atoms with Crippen molar-refractivity contribution >= 4 is 34.7 Å². The number of para-hydroxylation sites is 1. The molecule has 2 aromatic rings. The van der Waals surface area contributed by atoms with Gasteiger partial charge in [-0.2, -0.15) is 0 Å². The van der Waals surface area contributed by atoms with Gasteiger partial charge in [-0.25, -0.2) is 0 Å². The van der Waals surface area contributed by atoms with Crippen LogP contribution in [0.5, 0.6) is 0 Å². The topological polar surface area (TPSA) is 78.5 Å². The zero-order valence-electron chi connectivity index (χ0n) is 14.0. The Labute approximate surface area is 150 Å². The van der Waals surface area contributed by atoms with Gasteiger partial charge < -0.3 is 15.5 Å². The third-order valence-corrected chi connectivity index (χ3v) is 4.21. The van der Waals surface area contributed by atoms with Gasteiger partial charge in [-0.15, -0.1) is 11.3 Å². The maximum atomic E-state index is 12.4. The second kappa shape index (κ2) is 9.58. The highest BCUT2D eigenvalue weighted by Crippen LogP contribution is 2.12. The predicted molar refractivity (Wildman–Crippen MR) is 98.6 cm³/mol. The van der Waals surface area contributed by atoms with Gasteiger partial charge in [0, 0.05) is 12.2 Å². The van der Waals surface area contributed by atoms with Gasteiger partial charge in [0.25, 0.3) is 5.91 Å². The summed E-state index contributed by atoms with van der Waals surface area (Å²) < 4.78 is 0. The third kappa shape index (κ3) is 6.04. The number of nitrogens with zero attached hydrogens (tertiary/aromatic N) is 1. The minimum absolute atomic E-state index is 0.0663. The van der Waals surface area contributed by atoms with Crippen molar-refractivity contribution in [1.29, 1.82) is 0 Å². The molecule has 0 fully saturated rings. The first kappa shape index (κ1) is 18.7. The Kier molecular flexibility index (Phi) is 7.16. The number of carbonyl (C=O) groups excluding carboxylic acids is 3. The second-order valence-corrected chi connectivity index (χ2v) is 6.34. The van der Waals surface area contributed by atoms with Crippen molar-refractivity contribution in [2.75, 3.05) is 25.0 Å². The number of hydrogen-bond donors (Lipinski definition) is 2. The maximum absolute atomic E-state index is 12.4. The largest absolute Gasteiger partial charge is 0.345 e. The normalized spacial score (nSPS) is 10.1. The zero-order valence-corrected chi connectivity index (χ0v) is 14.8. The molecule has 132 valence electrons. The van der Waals surface area contributed by atoms with E-state index in [2.05, 4.69) is 10.6 Å². The Balaban J connectivity index is 1.82. The lowest BCUT2D eigenvalue weighted by atomic mass is 10.3. The number of amides is 3. The highest BCUT2D eigenvalue weighted by atomic mass is 32.1. The van der Waals surface area contributed by atoms with Crippen LogP contribution in [0, 0.1) is 0 Å². The molecule has 0 aliphatic heterocycles. The molecule has 0 atom stereocenters. The molecule has 1 heterocycles. The van der Waals surface area contributed by atoms with Crippen LogP contribution >= 0.6 is 11.3 Å². The SMILES string of the molecule is CCCN(CC(=O)NCC(=O)Nc1ccccc1)C(=O)c1cccs1. The monoisotopic (exact) mass is 359 g/mol. The molecular weight excluding hydrogens is 338 g/mol. The maximum Gasteiger partial charge on any atom is 0.264 e. The Morgan fingerprint density at radius 3 is 2.44 bits per heavy atom. The van der Waals surface area contributed by atoms with E-state index in [0.717, 1.165) is 6.42 Å². The van der Waals surface area contributed by atoms with Crippen LogP contribution in [-0.2, 0) is 9.59 Å². The van der Waals surface area contributed by atoms with Crippen molar-refractivity contribution in [2.45, 2.75) is 13.3 Å². The molecule has 0 radical (unpaired) electrons. The van der Waals surface area contributed by atoms with E-state index in [0.29, 0.717) is 17.1 Å². The van der Waals surface area contributed by atoms with Gasteiger partial charge in [0.05, 0.1) is 18.0 Å². The third-order valence-electron chi connectivity index (χ3n) is 3.35. The molecule has 25 heavy (non-hydrogen) atoms. The number of thiophene rings is 1. The van der Waals surface area contributed by atoms with E-state index >= 15 is 0 Å². The molecule has 7 heteroatoms. The van der Waals surface area contributed by atoms with Crippen LogP contribution in [-0.4, -0.2) is 42.3 Å². The molecule has 0 aliphatic rings. The van der Waals surface area contributed by atoms with Gasteiger partial charge in [-0.05, 0) is 30.0 Å². The van der Waals surface area contributed by atoms with E-state index in [-0.39, 0.29) is 30.8 Å². The lowest BCUT2D eigenvalue weighted by Gasteiger charge is -2.20. The van der Waals surface area contributed by atoms with Crippen molar-refractivity contribution in [3.05, 3.63) is 52.7 Å². The minimum Gasteiger partial charge on any atom is -0.345 e. The number of hydrogen-bond acceptors (Lipinski definition) is 4. The van der Waals surface area contributed by atoms with Crippen molar-refractivity contribution in [3.8, 4) is 0 Å². The fraction of sp³-hybridized carbons (Fsp3) is 0.278. The van der Waals surface area contributed by atoms with Crippen molar-refractivity contribution in [1.82, 2.24) is 10.2 Å². The van der Waals surface area contributed by atoms with Gasteiger partial charge in [-0.3, -0.25) is 14.4 Å². The summed E-state index contributed by atoms with van der Waals surface area (Å²) in [6.07, 6.45) is 0.749. The number of nitrogens with one attached hydrogen (secondary N) is 2. The Bertz CT molecular complexity index is 702. The van der Waals surface area contributed by atoms with E-state index in [1.807, 2.05) is 30.5 Å². The molecule has 0 spiro atoms. The molecule has 0 bridgehead atoms. The molecule has 3 amide bonds. The number of carbonyl (C=O) groups is 3. The van der Waals surface area contributed by atoms with Crippen LogP contribution in [0.3, 0.4) is 0 Å². The van der Waals surface area contributed by atoms with Crippen molar-refractivity contribution < 1.29 is 14.4 Å². The van der Waals surface area contributed by atoms with Gasteiger partial charge >= 0.3 is 0 Å². The number of benzene rings is 1. The summed E-state index contributed by atoms with van der Waals surface area (Å²) in [7, 11) is 0. The molecule has 0 saturated heterocycles. The summed E-state index contributed by atoms with van der Waals surface area (Å²) in [5, 5.41) is 7.06. The number of rotatable bonds is 8. The molecule has 2 N–H and O–H groups in total. The van der Waals surface area contributed by atoms with E-state index in [1.165, 1.54) is 16.2 Å². The first-order valence-corrected chi connectivity index (χ1v) is 8.92. The lowest BCUT2D eigenvalue weighted by molar-refractivity contribution is -0.124. The highest BCUT2D eigenvalue weighted by Gasteiger charge is 2.19. The van der Waals surface area contributed by atoms with Gasteiger partial charge in [0.1, 0.15) is 0 Å². The molecular formula is C18H21N3O3S. The Hall–Kier alpha value is -2.67. The van der Waals surface area contributed by atoms with Crippen LogP contribution < -0.4 is 10.6 Å². The summed E-state index contributed by atoms with van der Waals surface area (Å²) in [5.41, 5.74) is 0.669. The van der Waals surface area contributed by atoms with Crippen molar-refractivity contribution in [2.24, 2.45) is 0 Å². The van der Waals surface area contributed by atoms with Crippen LogP contribution in [0.15, 0.2) is 47.8 Å². The standard InChI is InChI=1S/C18H21N3O3S/c1-2-10-21(18(24)15-9-6-11-25-15)13-17(23)19-12-16(22)20-14-7-4-3-5-8-14/h3-9,11H,2,10,12-13H2,1H3,(H,19,23)(H,20,22). The van der Waals surface area contributed by atoms with Crippen molar-refractivity contribution in [3.63, 3.8) is 0 Å². The first-order valence-electron chi connectivity index (χ1n) is 8.04. The number of anilines is 1. The fourth-order valence-electron chi connectivity index (χ4n) is 2.21. The van der Waals surface area contributed by atoms with Gasteiger partial charge in [0.15, 0.2) is 0 Å². The van der Waals surface area contributed by atoms with E-state index in [1.54, 1.807) is 24.3 Å². The average Bonchev–Trinajstić information content (AvgIpc) is 3.14. The summed E-state index contributed by atoms with van der Waals surface area (Å²) >= 11 is 1.34. The van der Waals surface area contributed by atoms with Crippen LogP contribution in [0.25, 0.3) is 0 Å². The summed E-state index contributed by atoms with van der Waals surface area (Å²) in [6.45, 7) is 2.23. The lowest BCUT2D eigenvalue weighted by Crippen LogP contribution is -2.43. The fourth-order valence-corrected chi connectivity index (χ4v) is 2.90. The average molecular weight is 359 g/mol. The summed E-state index contributed by atoms with van der Waals surface area (Å²) in [6, 6.07) is 12.5. The molecule has 6 nitrogen and oxygen atoms in total. The molecule has 1 aromatic carbocycles. The minimum atomic E-state index is -0.360. The zero-order chi connectivity index (χ0) is 18.1. The highest BCUT2D eigenvalue weighted by molar-refractivity contribution is 7.12. The summed E-state index contributed by atoms with van der Waals surface area (Å²) in [5.74, 6) is -0.839. The van der Waals surface area contributed by atoms with Crippen LogP contribution in [0.1, 0.15) is 23.0 Å². The van der Waals surface area contributed by atoms with Gasteiger partial charge in [0.2, 0.25) is 11.8 Å². The molecule has 0 aliphatic carbocycles. The molecule has 0 saturated carbocycles. The Morgan fingerprint density at radius 2 is 1.80 bits per heavy atom. The van der Waals surface area contributed by atoms with E-state index < -0.39 is 0 Å². The quantitative estimate of drug-likeness (QED) is 0.759. The molecule has 0 unspecified atom stereocenters. The Morgan fingerprint density at radius 1 is 1.04 bits per heavy atom. The summed E-state index contributed by atoms with van der Waals surface area (Å²) in [4.78, 5) is 38.4. The smallest absolute Gasteiger partial charge is 0.264 e.